The van der Waals surface area contributed by atoms with Gasteiger partial charge in [0.15, 0.2) is 0 Å². The van der Waals surface area contributed by atoms with Gasteiger partial charge in [-0.2, -0.15) is 0 Å². The van der Waals surface area contributed by atoms with Crippen LogP contribution in [-0.2, 0) is 4.79 Å². The Morgan fingerprint density at radius 1 is 1.25 bits per heavy atom. The summed E-state index contributed by atoms with van der Waals surface area (Å²) in [7, 11) is 0. The molecule has 0 aromatic carbocycles. The summed E-state index contributed by atoms with van der Waals surface area (Å²) in [6.45, 7) is 9.90. The lowest BCUT2D eigenvalue weighted by atomic mass is 9.99. The molecule has 2 atom stereocenters. The van der Waals surface area contributed by atoms with Gasteiger partial charge in [0.1, 0.15) is 0 Å². The number of hydrogen-bond acceptors (Lipinski definition) is 3. The molecule has 0 saturated carbocycles. The highest BCUT2D eigenvalue weighted by atomic mass is 16.2. The van der Waals surface area contributed by atoms with Gasteiger partial charge in [0.05, 0.1) is 6.54 Å². The van der Waals surface area contributed by atoms with Gasteiger partial charge in [0.25, 0.3) is 0 Å². The molecule has 0 radical (unpaired) electrons. The Hall–Kier alpha value is -0.610. The van der Waals surface area contributed by atoms with Crippen molar-refractivity contribution in [3.63, 3.8) is 0 Å². The Balaban J connectivity index is 2.47. The molecule has 1 amide bonds. The van der Waals surface area contributed by atoms with E-state index in [-0.39, 0.29) is 0 Å². The van der Waals surface area contributed by atoms with Crippen LogP contribution in [0, 0.1) is 0 Å². The van der Waals surface area contributed by atoms with Gasteiger partial charge in [-0.3, -0.25) is 9.69 Å². The van der Waals surface area contributed by atoms with E-state index in [0.29, 0.717) is 24.5 Å². The molecule has 1 rings (SSSR count). The quantitative estimate of drug-likeness (QED) is 0.743. The van der Waals surface area contributed by atoms with E-state index in [2.05, 4.69) is 30.6 Å². The van der Waals surface area contributed by atoms with Crippen LogP contribution in [0.25, 0.3) is 0 Å². The summed E-state index contributed by atoms with van der Waals surface area (Å²) in [6, 6.07) is 0.745. The van der Waals surface area contributed by atoms with Crippen molar-refractivity contribution >= 4 is 5.91 Å². The van der Waals surface area contributed by atoms with Crippen molar-refractivity contribution in [1.29, 1.82) is 0 Å². The molecule has 1 aliphatic rings. The van der Waals surface area contributed by atoms with E-state index < -0.39 is 0 Å². The van der Waals surface area contributed by atoms with Gasteiger partial charge < -0.3 is 10.6 Å². The molecule has 0 aliphatic carbocycles. The van der Waals surface area contributed by atoms with Crippen LogP contribution in [0.4, 0.5) is 0 Å². The fourth-order valence-electron chi connectivity index (χ4n) is 2.82. The zero-order valence-corrected chi connectivity index (χ0v) is 13.6. The number of carbonyl (C=O) groups excluding carboxylic acids is 1. The molecule has 20 heavy (non-hydrogen) atoms. The topological polar surface area (TPSA) is 49.6 Å². The maximum Gasteiger partial charge on any atom is 0.236 e. The standard InChI is InChI=1S/C16H33N3O/c1-4-6-9-18(10-7-5-2)16(20)13-19-11-8-15(17)12-14(19)3/h14-15H,4-13,17H2,1-3H3. The average Bonchev–Trinajstić information content (AvgIpc) is 2.42. The Morgan fingerprint density at radius 2 is 1.85 bits per heavy atom. The Labute approximate surface area is 124 Å². The van der Waals surface area contributed by atoms with Crippen molar-refractivity contribution in [2.75, 3.05) is 26.2 Å². The van der Waals surface area contributed by atoms with E-state index in [4.69, 9.17) is 5.73 Å². The summed E-state index contributed by atoms with van der Waals surface area (Å²) in [6.07, 6.45) is 6.53. The van der Waals surface area contributed by atoms with E-state index >= 15 is 0 Å². The maximum atomic E-state index is 12.5. The summed E-state index contributed by atoms with van der Waals surface area (Å²) in [5, 5.41) is 0. The number of carbonyl (C=O) groups is 1. The molecule has 2 unspecified atom stereocenters. The first kappa shape index (κ1) is 17.4. The first-order valence-electron chi connectivity index (χ1n) is 8.35. The van der Waals surface area contributed by atoms with Crippen LogP contribution < -0.4 is 5.73 Å². The maximum absolute atomic E-state index is 12.5. The van der Waals surface area contributed by atoms with Gasteiger partial charge >= 0.3 is 0 Å². The van der Waals surface area contributed by atoms with Crippen LogP contribution in [0.2, 0.25) is 0 Å². The molecule has 4 heteroatoms. The normalized spacial score (nSPS) is 23.8. The highest BCUT2D eigenvalue weighted by Crippen LogP contribution is 2.16. The van der Waals surface area contributed by atoms with Crippen molar-refractivity contribution in [2.24, 2.45) is 5.73 Å². The van der Waals surface area contributed by atoms with Crippen molar-refractivity contribution < 1.29 is 4.79 Å². The van der Waals surface area contributed by atoms with E-state index in [1.54, 1.807) is 0 Å². The molecule has 1 heterocycles. The Kier molecular flexibility index (Phi) is 8.15. The van der Waals surface area contributed by atoms with E-state index in [1.807, 2.05) is 0 Å². The van der Waals surface area contributed by atoms with Crippen molar-refractivity contribution in [3.05, 3.63) is 0 Å². The summed E-state index contributed by atoms with van der Waals surface area (Å²) >= 11 is 0. The van der Waals surface area contributed by atoms with Gasteiger partial charge in [0.2, 0.25) is 5.91 Å². The van der Waals surface area contributed by atoms with E-state index in [0.717, 1.165) is 58.2 Å². The molecule has 0 aromatic rings. The van der Waals surface area contributed by atoms with Gasteiger partial charge in [-0.05, 0) is 32.6 Å². The van der Waals surface area contributed by atoms with E-state index in [9.17, 15) is 4.79 Å². The molecule has 2 N–H and O–H groups in total. The van der Waals surface area contributed by atoms with E-state index in [1.165, 1.54) is 0 Å². The predicted octanol–water partition coefficient (Wildman–Crippen LogP) is 2.23. The van der Waals surface area contributed by atoms with Gasteiger partial charge in [-0.15, -0.1) is 0 Å². The third-order valence-corrected chi connectivity index (χ3v) is 4.31. The molecular formula is C16H33N3O. The molecular weight excluding hydrogens is 250 g/mol. The fourth-order valence-corrected chi connectivity index (χ4v) is 2.82. The largest absolute Gasteiger partial charge is 0.342 e. The minimum absolute atomic E-state index is 0.300. The minimum Gasteiger partial charge on any atom is -0.342 e. The number of rotatable bonds is 8. The highest BCUT2D eigenvalue weighted by Gasteiger charge is 2.26. The number of amides is 1. The smallest absolute Gasteiger partial charge is 0.236 e. The lowest BCUT2D eigenvalue weighted by molar-refractivity contribution is -0.133. The third-order valence-electron chi connectivity index (χ3n) is 4.31. The van der Waals surface area contributed by atoms with Crippen molar-refractivity contribution in [3.8, 4) is 0 Å². The number of nitrogens with zero attached hydrogens (tertiary/aromatic N) is 2. The number of unbranched alkanes of at least 4 members (excludes halogenated alkanes) is 2. The second kappa shape index (κ2) is 9.35. The van der Waals surface area contributed by atoms with Gasteiger partial charge in [-0.25, -0.2) is 0 Å². The second-order valence-corrected chi connectivity index (χ2v) is 6.19. The first-order valence-corrected chi connectivity index (χ1v) is 8.35. The van der Waals surface area contributed by atoms with Crippen LogP contribution in [-0.4, -0.2) is 54.0 Å². The summed E-state index contributed by atoms with van der Waals surface area (Å²) < 4.78 is 0. The predicted molar refractivity (Wildman–Crippen MR) is 84.6 cm³/mol. The second-order valence-electron chi connectivity index (χ2n) is 6.19. The number of piperidine rings is 1. The Bertz CT molecular complexity index is 275. The average molecular weight is 283 g/mol. The highest BCUT2D eigenvalue weighted by molar-refractivity contribution is 5.78. The molecule has 4 nitrogen and oxygen atoms in total. The molecule has 1 aliphatic heterocycles. The van der Waals surface area contributed by atoms with Crippen LogP contribution in [0.5, 0.6) is 0 Å². The third kappa shape index (κ3) is 5.80. The van der Waals surface area contributed by atoms with Crippen LogP contribution >= 0.6 is 0 Å². The summed E-state index contributed by atoms with van der Waals surface area (Å²) in [5.74, 6) is 0.300. The first-order chi connectivity index (χ1) is 9.58. The zero-order valence-electron chi connectivity index (χ0n) is 13.6. The van der Waals surface area contributed by atoms with Crippen molar-refractivity contribution in [1.82, 2.24) is 9.80 Å². The summed E-state index contributed by atoms with van der Waals surface area (Å²) in [4.78, 5) is 16.9. The van der Waals surface area contributed by atoms with Gasteiger partial charge in [-0.1, -0.05) is 26.7 Å². The summed E-state index contributed by atoms with van der Waals surface area (Å²) in [5.41, 5.74) is 5.99. The molecule has 118 valence electrons. The molecule has 1 saturated heterocycles. The lowest BCUT2D eigenvalue weighted by Crippen LogP contribution is -2.50. The molecule has 1 fully saturated rings. The zero-order chi connectivity index (χ0) is 15.0. The van der Waals surface area contributed by atoms with Gasteiger partial charge in [0, 0.05) is 31.7 Å². The lowest BCUT2D eigenvalue weighted by Gasteiger charge is -2.37. The molecule has 0 aromatic heterocycles. The number of nitrogens with two attached hydrogens (primary N) is 1. The van der Waals surface area contributed by atoms with Crippen LogP contribution in [0.15, 0.2) is 0 Å². The fraction of sp³-hybridized carbons (Fsp3) is 0.938. The minimum atomic E-state index is 0.300. The SMILES string of the molecule is CCCCN(CCCC)C(=O)CN1CCC(N)CC1C. The Morgan fingerprint density at radius 3 is 2.35 bits per heavy atom. The monoisotopic (exact) mass is 283 g/mol. The van der Waals surface area contributed by atoms with Crippen LogP contribution in [0.3, 0.4) is 0 Å². The number of likely N-dealkylation sites (tertiary alicyclic amines) is 1. The number of hydrogen-bond donors (Lipinski definition) is 1. The molecule has 0 spiro atoms. The molecule has 0 bridgehead atoms. The van der Waals surface area contributed by atoms with Crippen LogP contribution in [0.1, 0.15) is 59.3 Å². The van der Waals surface area contributed by atoms with Crippen molar-refractivity contribution in [2.45, 2.75) is 71.4 Å².